The van der Waals surface area contributed by atoms with Crippen molar-refractivity contribution in [3.8, 4) is 0 Å². The molecular weight excluding hydrogens is 364 g/mol. The van der Waals surface area contributed by atoms with Crippen LogP contribution in [0.15, 0.2) is 42.5 Å². The van der Waals surface area contributed by atoms with Gasteiger partial charge < -0.3 is 15.4 Å². The van der Waals surface area contributed by atoms with E-state index in [1.54, 1.807) is 0 Å². The summed E-state index contributed by atoms with van der Waals surface area (Å²) in [5, 5.41) is 8.07. The molecule has 2 rings (SSSR count). The predicted molar refractivity (Wildman–Crippen MR) is 118 cm³/mol. The molecular formula is C24H34N2O3. The Balaban J connectivity index is 1.81. The van der Waals surface area contributed by atoms with E-state index in [4.69, 9.17) is 4.74 Å². The topological polar surface area (TPSA) is 67.4 Å². The summed E-state index contributed by atoms with van der Waals surface area (Å²) in [4.78, 5) is 25.0. The maximum atomic E-state index is 12.5. The fraction of sp³-hybridized carbons (Fsp3) is 0.500. The molecule has 2 aromatic rings. The van der Waals surface area contributed by atoms with E-state index in [1.807, 2.05) is 56.3 Å². The first-order chi connectivity index (χ1) is 14.0. The zero-order chi connectivity index (χ0) is 21.1. The molecule has 0 fully saturated rings. The maximum Gasteiger partial charge on any atom is 0.242 e. The van der Waals surface area contributed by atoms with Crippen LogP contribution >= 0.6 is 0 Å². The number of unbranched alkanes of at least 4 members (excludes halogenated alkanes) is 1. The fourth-order valence-electron chi connectivity index (χ4n) is 3.14. The molecule has 0 heterocycles. The summed E-state index contributed by atoms with van der Waals surface area (Å²) >= 11 is 0. The molecule has 0 aliphatic carbocycles. The standard InChI is InChI=1S/C24H34N2O3/c1-4-5-14-29-15-8-13-25-24(28)23(18(2)3)26-22(27)17-19-11-12-20-9-6-7-10-21(20)16-19/h6-7,9-12,16,18,23H,4-5,8,13-15,17H2,1-3H3,(H,25,28)(H,26,27). The Morgan fingerprint density at radius 1 is 1.00 bits per heavy atom. The quantitative estimate of drug-likeness (QED) is 0.534. The minimum atomic E-state index is -0.538. The number of carbonyl (C=O) groups is 2. The third kappa shape index (κ3) is 7.86. The zero-order valence-electron chi connectivity index (χ0n) is 17.9. The van der Waals surface area contributed by atoms with Gasteiger partial charge in [-0.3, -0.25) is 9.59 Å². The van der Waals surface area contributed by atoms with E-state index in [2.05, 4.69) is 17.6 Å². The van der Waals surface area contributed by atoms with Crippen LogP contribution in [0.4, 0.5) is 0 Å². The predicted octanol–water partition coefficient (Wildman–Crippen LogP) is 3.85. The third-order valence-corrected chi connectivity index (χ3v) is 4.85. The van der Waals surface area contributed by atoms with Crippen LogP contribution in [0.25, 0.3) is 10.8 Å². The van der Waals surface area contributed by atoms with E-state index in [-0.39, 0.29) is 24.2 Å². The van der Waals surface area contributed by atoms with Crippen molar-refractivity contribution in [1.29, 1.82) is 0 Å². The summed E-state index contributed by atoms with van der Waals surface area (Å²) in [6.45, 7) is 7.96. The number of hydrogen-bond donors (Lipinski definition) is 2. The molecule has 1 unspecified atom stereocenters. The smallest absolute Gasteiger partial charge is 0.242 e. The molecule has 0 spiro atoms. The second-order valence-corrected chi connectivity index (χ2v) is 7.76. The first kappa shape index (κ1) is 22.9. The van der Waals surface area contributed by atoms with Crippen LogP contribution in [0.1, 0.15) is 45.6 Å². The van der Waals surface area contributed by atoms with Crippen molar-refractivity contribution in [2.75, 3.05) is 19.8 Å². The molecule has 158 valence electrons. The highest BCUT2D eigenvalue weighted by Gasteiger charge is 2.23. The van der Waals surface area contributed by atoms with Gasteiger partial charge >= 0.3 is 0 Å². The van der Waals surface area contributed by atoms with Gasteiger partial charge in [0.15, 0.2) is 0 Å². The number of carbonyl (C=O) groups excluding carboxylic acids is 2. The van der Waals surface area contributed by atoms with Gasteiger partial charge in [-0.2, -0.15) is 0 Å². The minimum Gasteiger partial charge on any atom is -0.381 e. The van der Waals surface area contributed by atoms with Crippen LogP contribution in [0.3, 0.4) is 0 Å². The minimum absolute atomic E-state index is 0.0105. The molecule has 5 heteroatoms. The molecule has 2 amide bonds. The molecule has 2 N–H and O–H groups in total. The number of fused-ring (bicyclic) bond motifs is 1. The van der Waals surface area contributed by atoms with Crippen LogP contribution in [0, 0.1) is 5.92 Å². The fourth-order valence-corrected chi connectivity index (χ4v) is 3.14. The van der Waals surface area contributed by atoms with E-state index in [0.29, 0.717) is 13.2 Å². The summed E-state index contributed by atoms with van der Waals surface area (Å²) in [5.41, 5.74) is 0.938. The molecule has 0 radical (unpaired) electrons. The average Bonchev–Trinajstić information content (AvgIpc) is 2.71. The highest BCUT2D eigenvalue weighted by molar-refractivity contribution is 5.89. The number of hydrogen-bond acceptors (Lipinski definition) is 3. The second-order valence-electron chi connectivity index (χ2n) is 7.76. The van der Waals surface area contributed by atoms with E-state index in [9.17, 15) is 9.59 Å². The van der Waals surface area contributed by atoms with Gasteiger partial charge in [0.05, 0.1) is 6.42 Å². The van der Waals surface area contributed by atoms with Crippen molar-refractivity contribution in [1.82, 2.24) is 10.6 Å². The summed E-state index contributed by atoms with van der Waals surface area (Å²) in [6.07, 6.45) is 3.20. The lowest BCUT2D eigenvalue weighted by Crippen LogP contribution is -2.50. The van der Waals surface area contributed by atoms with E-state index in [0.717, 1.165) is 42.2 Å². The first-order valence-electron chi connectivity index (χ1n) is 10.6. The first-order valence-corrected chi connectivity index (χ1v) is 10.6. The molecule has 29 heavy (non-hydrogen) atoms. The molecule has 0 aromatic heterocycles. The van der Waals surface area contributed by atoms with Crippen LogP contribution in [-0.4, -0.2) is 37.6 Å². The van der Waals surface area contributed by atoms with E-state index >= 15 is 0 Å². The zero-order valence-corrected chi connectivity index (χ0v) is 17.9. The molecule has 2 aromatic carbocycles. The summed E-state index contributed by atoms with van der Waals surface area (Å²) in [6, 6.07) is 13.5. The molecule has 0 saturated heterocycles. The maximum absolute atomic E-state index is 12.5. The highest BCUT2D eigenvalue weighted by Crippen LogP contribution is 2.16. The van der Waals surface area contributed by atoms with Crippen molar-refractivity contribution in [3.05, 3.63) is 48.0 Å². The van der Waals surface area contributed by atoms with Gasteiger partial charge in [0.2, 0.25) is 11.8 Å². The summed E-state index contributed by atoms with van der Waals surface area (Å²) in [7, 11) is 0. The molecule has 1 atom stereocenters. The van der Waals surface area contributed by atoms with Crippen molar-refractivity contribution < 1.29 is 14.3 Å². The van der Waals surface area contributed by atoms with Crippen molar-refractivity contribution in [2.24, 2.45) is 5.92 Å². The van der Waals surface area contributed by atoms with Gasteiger partial charge in [-0.05, 0) is 35.1 Å². The number of rotatable bonds is 12. The van der Waals surface area contributed by atoms with Crippen molar-refractivity contribution in [2.45, 2.75) is 52.5 Å². The molecule has 0 saturated carbocycles. The monoisotopic (exact) mass is 398 g/mol. The van der Waals surface area contributed by atoms with Gasteiger partial charge in [-0.1, -0.05) is 69.7 Å². The van der Waals surface area contributed by atoms with Gasteiger partial charge in [0, 0.05) is 19.8 Å². The number of ether oxygens (including phenoxy) is 1. The lowest BCUT2D eigenvalue weighted by atomic mass is 10.0. The normalized spacial score (nSPS) is 12.1. The summed E-state index contributed by atoms with van der Waals surface area (Å²) in [5.74, 6) is -0.270. The summed E-state index contributed by atoms with van der Waals surface area (Å²) < 4.78 is 5.50. The molecule has 0 bridgehead atoms. The Morgan fingerprint density at radius 3 is 2.45 bits per heavy atom. The van der Waals surface area contributed by atoms with Crippen LogP contribution in [0.2, 0.25) is 0 Å². The van der Waals surface area contributed by atoms with Gasteiger partial charge in [0.1, 0.15) is 6.04 Å². The number of benzene rings is 2. The van der Waals surface area contributed by atoms with Gasteiger partial charge in [-0.25, -0.2) is 0 Å². The van der Waals surface area contributed by atoms with E-state index < -0.39 is 6.04 Å². The Morgan fingerprint density at radius 2 is 1.72 bits per heavy atom. The molecule has 5 nitrogen and oxygen atoms in total. The Hall–Kier alpha value is -2.40. The Kier molecular flexibility index (Phi) is 9.65. The SMILES string of the molecule is CCCCOCCCNC(=O)C(NC(=O)Cc1ccc2ccccc2c1)C(C)C. The van der Waals surface area contributed by atoms with E-state index in [1.165, 1.54) is 0 Å². The van der Waals surface area contributed by atoms with Gasteiger partial charge in [-0.15, -0.1) is 0 Å². The number of amides is 2. The lowest BCUT2D eigenvalue weighted by Gasteiger charge is -2.22. The van der Waals surface area contributed by atoms with Crippen molar-refractivity contribution in [3.63, 3.8) is 0 Å². The largest absolute Gasteiger partial charge is 0.381 e. The molecule has 0 aliphatic heterocycles. The van der Waals surface area contributed by atoms with Crippen LogP contribution < -0.4 is 10.6 Å². The average molecular weight is 399 g/mol. The Bertz CT molecular complexity index is 789. The highest BCUT2D eigenvalue weighted by atomic mass is 16.5. The number of nitrogens with one attached hydrogen (secondary N) is 2. The Labute approximate surface area is 174 Å². The van der Waals surface area contributed by atoms with Crippen LogP contribution in [0.5, 0.6) is 0 Å². The molecule has 0 aliphatic rings. The van der Waals surface area contributed by atoms with Crippen molar-refractivity contribution >= 4 is 22.6 Å². The second kappa shape index (κ2) is 12.2. The lowest BCUT2D eigenvalue weighted by molar-refractivity contribution is -0.129. The van der Waals surface area contributed by atoms with Crippen LogP contribution in [-0.2, 0) is 20.7 Å². The van der Waals surface area contributed by atoms with Gasteiger partial charge in [0.25, 0.3) is 0 Å². The third-order valence-electron chi connectivity index (χ3n) is 4.85.